The molecule has 0 aromatic carbocycles. The van der Waals surface area contributed by atoms with Gasteiger partial charge in [-0.05, 0) is 26.3 Å². The Morgan fingerprint density at radius 2 is 2.21 bits per heavy atom. The first kappa shape index (κ1) is 9.24. The van der Waals surface area contributed by atoms with Gasteiger partial charge < -0.3 is 10.2 Å². The van der Waals surface area contributed by atoms with Gasteiger partial charge in [-0.2, -0.15) is 0 Å². The molecule has 2 aliphatic heterocycles. The molecule has 76 valence electrons. The topological polar surface area (TPSA) is 44.7 Å². The standard InChI is InChI=1S/C10H15N3O/c1-6-7(2)12-8(3)13-5-10(14)11-4-9(6)13/h7H,4-5H2,1-3H3,(H,11,14)/t7-/m0/s1. The van der Waals surface area contributed by atoms with Gasteiger partial charge in [0.2, 0.25) is 5.91 Å². The number of carbonyl (C=O) groups excluding carboxylic acids is 1. The van der Waals surface area contributed by atoms with E-state index in [9.17, 15) is 4.79 Å². The van der Waals surface area contributed by atoms with Gasteiger partial charge in [-0.25, -0.2) is 0 Å². The summed E-state index contributed by atoms with van der Waals surface area (Å²) in [7, 11) is 0. The lowest BCUT2D eigenvalue weighted by Crippen LogP contribution is -2.50. The molecule has 2 heterocycles. The molecule has 0 bridgehead atoms. The smallest absolute Gasteiger partial charge is 0.240 e. The SMILES string of the molecule is CC1=N[C@@H](C)C(C)=C2CNC(=O)CN12. The quantitative estimate of drug-likeness (QED) is 0.609. The van der Waals surface area contributed by atoms with E-state index in [0.717, 1.165) is 5.84 Å². The molecule has 0 unspecified atom stereocenters. The van der Waals surface area contributed by atoms with Crippen molar-refractivity contribution in [2.45, 2.75) is 26.8 Å². The minimum atomic E-state index is 0.0747. The summed E-state index contributed by atoms with van der Waals surface area (Å²) in [5.74, 6) is 1.03. The molecular formula is C10H15N3O. The van der Waals surface area contributed by atoms with Crippen LogP contribution in [0, 0.1) is 0 Å². The summed E-state index contributed by atoms with van der Waals surface area (Å²) < 4.78 is 0. The van der Waals surface area contributed by atoms with E-state index in [1.54, 1.807) is 0 Å². The molecule has 0 saturated carbocycles. The largest absolute Gasteiger partial charge is 0.349 e. The third-order valence-electron chi connectivity index (χ3n) is 2.93. The first-order valence-corrected chi connectivity index (χ1v) is 4.88. The molecule has 0 aromatic rings. The molecule has 1 saturated heterocycles. The molecule has 0 spiro atoms. The van der Waals surface area contributed by atoms with Gasteiger partial charge in [0.1, 0.15) is 12.4 Å². The van der Waals surface area contributed by atoms with Gasteiger partial charge in [0.15, 0.2) is 0 Å². The Balaban J connectivity index is 2.35. The lowest BCUT2D eigenvalue weighted by atomic mass is 10.0. The van der Waals surface area contributed by atoms with Crippen LogP contribution in [0.1, 0.15) is 20.8 Å². The predicted molar refractivity (Wildman–Crippen MR) is 55.0 cm³/mol. The number of nitrogens with one attached hydrogen (secondary N) is 1. The molecule has 2 rings (SSSR count). The molecular weight excluding hydrogens is 178 g/mol. The third kappa shape index (κ3) is 1.31. The second-order valence-electron chi connectivity index (χ2n) is 3.84. The summed E-state index contributed by atoms with van der Waals surface area (Å²) >= 11 is 0. The number of rotatable bonds is 0. The van der Waals surface area contributed by atoms with Crippen molar-refractivity contribution >= 4 is 11.7 Å². The van der Waals surface area contributed by atoms with Crippen LogP contribution in [0.5, 0.6) is 0 Å². The van der Waals surface area contributed by atoms with E-state index in [-0.39, 0.29) is 11.9 Å². The number of fused-ring (bicyclic) bond motifs is 1. The van der Waals surface area contributed by atoms with E-state index >= 15 is 0 Å². The Hall–Kier alpha value is -1.32. The Morgan fingerprint density at radius 1 is 1.50 bits per heavy atom. The van der Waals surface area contributed by atoms with Crippen LogP contribution in [0.15, 0.2) is 16.3 Å². The lowest BCUT2D eigenvalue weighted by molar-refractivity contribution is -0.122. The predicted octanol–water partition coefficient (Wildman–Crippen LogP) is 0.513. The van der Waals surface area contributed by atoms with Gasteiger partial charge in [-0.15, -0.1) is 0 Å². The molecule has 0 aromatic heterocycles. The summed E-state index contributed by atoms with van der Waals surface area (Å²) in [6.07, 6.45) is 0. The molecule has 1 N–H and O–H groups in total. The number of aliphatic imine (C=N–C) groups is 1. The van der Waals surface area contributed by atoms with E-state index in [1.165, 1.54) is 11.3 Å². The minimum Gasteiger partial charge on any atom is -0.349 e. The van der Waals surface area contributed by atoms with Crippen LogP contribution in [0.3, 0.4) is 0 Å². The first-order chi connectivity index (χ1) is 6.59. The van der Waals surface area contributed by atoms with Crippen molar-refractivity contribution in [3.8, 4) is 0 Å². The van der Waals surface area contributed by atoms with Crippen LogP contribution in [-0.4, -0.2) is 35.8 Å². The number of nitrogens with zero attached hydrogens (tertiary/aromatic N) is 2. The molecule has 4 heteroatoms. The Morgan fingerprint density at radius 3 is 2.93 bits per heavy atom. The number of piperazine rings is 1. The maximum absolute atomic E-state index is 11.2. The highest BCUT2D eigenvalue weighted by molar-refractivity contribution is 5.90. The fraction of sp³-hybridized carbons (Fsp3) is 0.600. The highest BCUT2D eigenvalue weighted by Gasteiger charge is 2.28. The van der Waals surface area contributed by atoms with Crippen molar-refractivity contribution in [1.82, 2.24) is 10.2 Å². The second-order valence-corrected chi connectivity index (χ2v) is 3.84. The Bertz CT molecular complexity index is 343. The van der Waals surface area contributed by atoms with Crippen molar-refractivity contribution in [1.29, 1.82) is 0 Å². The van der Waals surface area contributed by atoms with Crippen molar-refractivity contribution in [2.75, 3.05) is 13.1 Å². The third-order valence-corrected chi connectivity index (χ3v) is 2.93. The molecule has 2 aliphatic rings. The minimum absolute atomic E-state index is 0.0747. The summed E-state index contributed by atoms with van der Waals surface area (Å²) in [6.45, 7) is 7.18. The zero-order valence-electron chi connectivity index (χ0n) is 8.79. The van der Waals surface area contributed by atoms with Gasteiger partial charge in [0.25, 0.3) is 0 Å². The number of hydrogen-bond donors (Lipinski definition) is 1. The number of amides is 1. The van der Waals surface area contributed by atoms with Gasteiger partial charge in [0.05, 0.1) is 12.6 Å². The van der Waals surface area contributed by atoms with Crippen LogP contribution in [0.2, 0.25) is 0 Å². The van der Waals surface area contributed by atoms with Gasteiger partial charge >= 0.3 is 0 Å². The average Bonchev–Trinajstić information content (AvgIpc) is 2.14. The molecule has 1 atom stereocenters. The van der Waals surface area contributed by atoms with Crippen molar-refractivity contribution in [3.05, 3.63) is 11.3 Å². The van der Waals surface area contributed by atoms with Gasteiger partial charge in [-0.1, -0.05) is 0 Å². The normalized spacial score (nSPS) is 27.1. The molecule has 1 amide bonds. The fourth-order valence-corrected chi connectivity index (χ4v) is 1.92. The fourth-order valence-electron chi connectivity index (χ4n) is 1.92. The number of amidine groups is 1. The zero-order valence-corrected chi connectivity index (χ0v) is 8.79. The lowest BCUT2D eigenvalue weighted by Gasteiger charge is -2.36. The monoisotopic (exact) mass is 193 g/mol. The van der Waals surface area contributed by atoms with Crippen molar-refractivity contribution < 1.29 is 4.79 Å². The van der Waals surface area contributed by atoms with Crippen LogP contribution in [0.25, 0.3) is 0 Å². The molecule has 1 fully saturated rings. The highest BCUT2D eigenvalue weighted by atomic mass is 16.2. The molecule has 0 aliphatic carbocycles. The maximum Gasteiger partial charge on any atom is 0.240 e. The number of carbonyl (C=O) groups is 1. The summed E-state index contributed by atoms with van der Waals surface area (Å²) in [4.78, 5) is 17.7. The summed E-state index contributed by atoms with van der Waals surface area (Å²) in [6, 6.07) is 0.247. The Labute approximate surface area is 83.7 Å². The van der Waals surface area contributed by atoms with E-state index in [4.69, 9.17) is 0 Å². The highest BCUT2D eigenvalue weighted by Crippen LogP contribution is 2.22. The number of hydrogen-bond acceptors (Lipinski definition) is 3. The van der Waals surface area contributed by atoms with Crippen molar-refractivity contribution in [3.63, 3.8) is 0 Å². The van der Waals surface area contributed by atoms with Crippen LogP contribution in [0.4, 0.5) is 0 Å². The first-order valence-electron chi connectivity index (χ1n) is 4.88. The van der Waals surface area contributed by atoms with Crippen LogP contribution < -0.4 is 5.32 Å². The molecule has 4 nitrogen and oxygen atoms in total. The van der Waals surface area contributed by atoms with Crippen LogP contribution >= 0.6 is 0 Å². The van der Waals surface area contributed by atoms with E-state index in [0.29, 0.717) is 13.1 Å². The maximum atomic E-state index is 11.2. The van der Waals surface area contributed by atoms with Gasteiger partial charge in [-0.3, -0.25) is 9.79 Å². The van der Waals surface area contributed by atoms with E-state index in [2.05, 4.69) is 24.2 Å². The van der Waals surface area contributed by atoms with E-state index < -0.39 is 0 Å². The second kappa shape index (κ2) is 3.12. The molecule has 0 radical (unpaired) electrons. The van der Waals surface area contributed by atoms with Gasteiger partial charge in [0, 0.05) is 5.70 Å². The van der Waals surface area contributed by atoms with E-state index in [1.807, 2.05) is 11.8 Å². The zero-order chi connectivity index (χ0) is 10.3. The molecule has 14 heavy (non-hydrogen) atoms. The van der Waals surface area contributed by atoms with Crippen LogP contribution in [-0.2, 0) is 4.79 Å². The summed E-state index contributed by atoms with van der Waals surface area (Å²) in [5, 5.41) is 2.86. The summed E-state index contributed by atoms with van der Waals surface area (Å²) in [5.41, 5.74) is 2.47. The Kier molecular flexibility index (Phi) is 2.06. The van der Waals surface area contributed by atoms with Crippen molar-refractivity contribution in [2.24, 2.45) is 4.99 Å². The average molecular weight is 193 g/mol.